The maximum absolute atomic E-state index is 6.03. The number of hydrogen-bond acceptors (Lipinski definition) is 5. The van der Waals surface area contributed by atoms with Crippen molar-refractivity contribution >= 4 is 11.6 Å². The van der Waals surface area contributed by atoms with Crippen molar-refractivity contribution in [3.05, 3.63) is 94.2 Å². The number of aromatic nitrogens is 4. The minimum atomic E-state index is -0.104. The third kappa shape index (κ3) is 4.20. The fourth-order valence-electron chi connectivity index (χ4n) is 3.24. The Hall–Kier alpha value is -3.05. The molecule has 146 valence electrons. The van der Waals surface area contributed by atoms with E-state index in [2.05, 4.69) is 70.4 Å². The summed E-state index contributed by atoms with van der Waals surface area (Å²) in [5, 5.41) is 8.53. The molecule has 0 spiro atoms. The summed E-state index contributed by atoms with van der Waals surface area (Å²) >= 11 is 6.03. The molecule has 0 unspecified atom stereocenters. The standard InChI is InChI=1S/C23H21ClN4O/c1-15-27-28-22(29-15)21-14-25-20(13-26-21)12-16-4-6-17(7-5-16)23(2,3)18-8-10-19(24)11-9-18/h4-11,13-14H,12H2,1-3H3. The molecule has 0 saturated carbocycles. The van der Waals surface area contributed by atoms with Crippen LogP contribution in [0.2, 0.25) is 5.02 Å². The first-order valence-corrected chi connectivity index (χ1v) is 9.76. The summed E-state index contributed by atoms with van der Waals surface area (Å²) in [5.41, 5.74) is 5.01. The molecule has 4 aromatic rings. The minimum absolute atomic E-state index is 0.104. The van der Waals surface area contributed by atoms with Crippen LogP contribution in [-0.2, 0) is 11.8 Å². The smallest absolute Gasteiger partial charge is 0.267 e. The predicted molar refractivity (Wildman–Crippen MR) is 113 cm³/mol. The largest absolute Gasteiger partial charge is 0.420 e. The number of hydrogen-bond donors (Lipinski definition) is 0. The summed E-state index contributed by atoms with van der Waals surface area (Å²) < 4.78 is 5.38. The Bertz CT molecular complexity index is 1100. The van der Waals surface area contributed by atoms with Gasteiger partial charge in [-0.3, -0.25) is 4.98 Å². The highest BCUT2D eigenvalue weighted by atomic mass is 35.5. The van der Waals surface area contributed by atoms with Gasteiger partial charge in [-0.05, 0) is 28.8 Å². The average molecular weight is 405 g/mol. The molecule has 0 aliphatic rings. The Morgan fingerprint density at radius 2 is 1.52 bits per heavy atom. The molecule has 0 radical (unpaired) electrons. The van der Waals surface area contributed by atoms with Gasteiger partial charge in [-0.2, -0.15) is 0 Å². The van der Waals surface area contributed by atoms with Gasteiger partial charge in [0, 0.05) is 30.0 Å². The van der Waals surface area contributed by atoms with Gasteiger partial charge in [-0.25, -0.2) is 4.98 Å². The van der Waals surface area contributed by atoms with Gasteiger partial charge in [0.2, 0.25) is 5.89 Å². The first-order chi connectivity index (χ1) is 13.9. The zero-order chi connectivity index (χ0) is 20.4. The van der Waals surface area contributed by atoms with Crippen LogP contribution in [0.15, 0.2) is 65.3 Å². The summed E-state index contributed by atoms with van der Waals surface area (Å²) in [7, 11) is 0. The van der Waals surface area contributed by atoms with Gasteiger partial charge in [0.05, 0.1) is 11.9 Å². The Morgan fingerprint density at radius 3 is 2.07 bits per heavy atom. The Balaban J connectivity index is 1.48. The van der Waals surface area contributed by atoms with E-state index < -0.39 is 0 Å². The molecular formula is C23H21ClN4O. The number of rotatable bonds is 5. The van der Waals surface area contributed by atoms with Gasteiger partial charge < -0.3 is 4.42 Å². The van der Waals surface area contributed by atoms with E-state index >= 15 is 0 Å². The van der Waals surface area contributed by atoms with Crippen LogP contribution in [0.4, 0.5) is 0 Å². The van der Waals surface area contributed by atoms with Crippen LogP contribution >= 0.6 is 11.6 Å². The molecule has 29 heavy (non-hydrogen) atoms. The van der Waals surface area contributed by atoms with E-state index in [1.165, 1.54) is 16.7 Å². The van der Waals surface area contributed by atoms with Crippen LogP contribution in [0.25, 0.3) is 11.6 Å². The highest BCUT2D eigenvalue weighted by Crippen LogP contribution is 2.32. The summed E-state index contributed by atoms with van der Waals surface area (Å²) in [4.78, 5) is 8.88. The molecule has 5 nitrogen and oxygen atoms in total. The van der Waals surface area contributed by atoms with Crippen LogP contribution in [0, 0.1) is 6.92 Å². The molecule has 0 bridgehead atoms. The molecule has 2 aromatic carbocycles. The normalized spacial score (nSPS) is 11.6. The van der Waals surface area contributed by atoms with E-state index in [0.717, 1.165) is 10.7 Å². The highest BCUT2D eigenvalue weighted by Gasteiger charge is 2.22. The second-order valence-corrected chi connectivity index (χ2v) is 7.96. The lowest BCUT2D eigenvalue weighted by Gasteiger charge is -2.26. The van der Waals surface area contributed by atoms with Crippen LogP contribution in [0.1, 0.15) is 42.1 Å². The third-order valence-electron chi connectivity index (χ3n) is 5.08. The lowest BCUT2D eigenvalue weighted by molar-refractivity contribution is 0.530. The van der Waals surface area contributed by atoms with Crippen molar-refractivity contribution in [1.82, 2.24) is 20.2 Å². The zero-order valence-corrected chi connectivity index (χ0v) is 17.3. The van der Waals surface area contributed by atoms with Crippen LogP contribution < -0.4 is 0 Å². The summed E-state index contributed by atoms with van der Waals surface area (Å²) in [6.45, 7) is 6.18. The molecule has 4 rings (SSSR count). The quantitative estimate of drug-likeness (QED) is 0.445. The van der Waals surface area contributed by atoms with Gasteiger partial charge in [0.1, 0.15) is 5.69 Å². The molecular weight excluding hydrogens is 384 g/mol. The molecule has 0 fully saturated rings. The summed E-state index contributed by atoms with van der Waals surface area (Å²) in [6.07, 6.45) is 4.12. The van der Waals surface area contributed by atoms with Gasteiger partial charge in [0.25, 0.3) is 5.89 Å². The molecule has 2 heterocycles. The van der Waals surface area contributed by atoms with E-state index in [1.54, 1.807) is 19.3 Å². The van der Waals surface area contributed by atoms with E-state index in [4.69, 9.17) is 16.0 Å². The number of aryl methyl sites for hydroxylation is 1. The monoisotopic (exact) mass is 404 g/mol. The van der Waals surface area contributed by atoms with Crippen molar-refractivity contribution in [2.24, 2.45) is 0 Å². The Morgan fingerprint density at radius 1 is 0.862 bits per heavy atom. The molecule has 0 amide bonds. The van der Waals surface area contributed by atoms with Gasteiger partial charge in [-0.15, -0.1) is 10.2 Å². The number of benzene rings is 2. The molecule has 0 atom stereocenters. The Kier molecular flexibility index (Phi) is 5.16. The van der Waals surface area contributed by atoms with E-state index in [9.17, 15) is 0 Å². The van der Waals surface area contributed by atoms with Crippen LogP contribution in [-0.4, -0.2) is 20.2 Å². The molecule has 6 heteroatoms. The van der Waals surface area contributed by atoms with Crippen molar-refractivity contribution in [2.75, 3.05) is 0 Å². The second-order valence-electron chi connectivity index (χ2n) is 7.52. The van der Waals surface area contributed by atoms with Gasteiger partial charge >= 0.3 is 0 Å². The van der Waals surface area contributed by atoms with Crippen molar-refractivity contribution in [1.29, 1.82) is 0 Å². The fraction of sp³-hybridized carbons (Fsp3) is 0.217. The fourth-order valence-corrected chi connectivity index (χ4v) is 3.36. The molecule has 0 aliphatic heterocycles. The van der Waals surface area contributed by atoms with E-state index in [-0.39, 0.29) is 5.41 Å². The van der Waals surface area contributed by atoms with Crippen molar-refractivity contribution in [2.45, 2.75) is 32.6 Å². The minimum Gasteiger partial charge on any atom is -0.420 e. The lowest BCUT2D eigenvalue weighted by Crippen LogP contribution is -2.18. The van der Waals surface area contributed by atoms with Gasteiger partial charge in [-0.1, -0.05) is 61.8 Å². The number of nitrogens with zero attached hydrogens (tertiary/aromatic N) is 4. The van der Waals surface area contributed by atoms with Crippen molar-refractivity contribution in [3.63, 3.8) is 0 Å². The maximum atomic E-state index is 6.03. The second kappa shape index (κ2) is 7.76. The van der Waals surface area contributed by atoms with Crippen molar-refractivity contribution in [3.8, 4) is 11.6 Å². The average Bonchev–Trinajstić information content (AvgIpc) is 3.16. The van der Waals surface area contributed by atoms with Crippen LogP contribution in [0.3, 0.4) is 0 Å². The molecule has 0 aliphatic carbocycles. The predicted octanol–water partition coefficient (Wildman–Crippen LogP) is 5.41. The SMILES string of the molecule is Cc1nnc(-c2cnc(Cc3ccc(C(C)(C)c4ccc(Cl)cc4)cc3)cn2)o1. The molecule has 2 aromatic heterocycles. The Labute approximate surface area is 174 Å². The summed E-state index contributed by atoms with van der Waals surface area (Å²) in [5.74, 6) is 0.892. The topological polar surface area (TPSA) is 64.7 Å². The first kappa shape index (κ1) is 19.3. The first-order valence-electron chi connectivity index (χ1n) is 9.39. The maximum Gasteiger partial charge on any atom is 0.267 e. The lowest BCUT2D eigenvalue weighted by atomic mass is 9.78. The highest BCUT2D eigenvalue weighted by molar-refractivity contribution is 6.30. The zero-order valence-electron chi connectivity index (χ0n) is 16.6. The third-order valence-corrected chi connectivity index (χ3v) is 5.33. The number of halogens is 1. The van der Waals surface area contributed by atoms with E-state index in [0.29, 0.717) is 23.9 Å². The van der Waals surface area contributed by atoms with Crippen molar-refractivity contribution < 1.29 is 4.42 Å². The molecule has 0 saturated heterocycles. The molecule has 0 N–H and O–H groups in total. The van der Waals surface area contributed by atoms with Gasteiger partial charge in [0.15, 0.2) is 0 Å². The summed E-state index contributed by atoms with van der Waals surface area (Å²) in [6, 6.07) is 16.7. The van der Waals surface area contributed by atoms with E-state index in [1.807, 2.05) is 12.1 Å². The van der Waals surface area contributed by atoms with Crippen LogP contribution in [0.5, 0.6) is 0 Å².